The molecule has 1 saturated carbocycles. The first-order valence-corrected chi connectivity index (χ1v) is 7.81. The van der Waals surface area contributed by atoms with Gasteiger partial charge in [-0.05, 0) is 37.5 Å². The van der Waals surface area contributed by atoms with Crippen LogP contribution in [0.5, 0.6) is 0 Å². The summed E-state index contributed by atoms with van der Waals surface area (Å²) in [7, 11) is 0. The van der Waals surface area contributed by atoms with E-state index in [-0.39, 0.29) is 12.5 Å². The molecule has 0 spiro atoms. The van der Waals surface area contributed by atoms with E-state index in [9.17, 15) is 9.59 Å². The van der Waals surface area contributed by atoms with Crippen molar-refractivity contribution >= 4 is 12.0 Å². The van der Waals surface area contributed by atoms with Crippen molar-refractivity contribution < 1.29 is 14.7 Å². The summed E-state index contributed by atoms with van der Waals surface area (Å²) in [5, 5.41) is 14.3. The van der Waals surface area contributed by atoms with Crippen molar-refractivity contribution in [2.24, 2.45) is 5.41 Å². The second-order valence-corrected chi connectivity index (χ2v) is 5.92. The smallest absolute Gasteiger partial charge is 0.314 e. The number of hydrogen-bond donors (Lipinski definition) is 3. The van der Waals surface area contributed by atoms with E-state index in [2.05, 4.69) is 17.6 Å². The van der Waals surface area contributed by atoms with Crippen LogP contribution in [0.4, 0.5) is 4.79 Å². The van der Waals surface area contributed by atoms with Gasteiger partial charge in [0.15, 0.2) is 0 Å². The number of amides is 2. The summed E-state index contributed by atoms with van der Waals surface area (Å²) in [5.41, 5.74) is 0.392. The summed E-state index contributed by atoms with van der Waals surface area (Å²) < 4.78 is 0. The molecule has 0 heterocycles. The third-order valence-electron chi connectivity index (χ3n) is 3.96. The Bertz CT molecular complexity index is 314. The van der Waals surface area contributed by atoms with Crippen LogP contribution in [-0.4, -0.2) is 30.2 Å². The van der Waals surface area contributed by atoms with Gasteiger partial charge in [0.05, 0.1) is 0 Å². The van der Waals surface area contributed by atoms with E-state index in [1.807, 2.05) is 0 Å². The van der Waals surface area contributed by atoms with Crippen molar-refractivity contribution in [3.8, 4) is 0 Å². The number of rotatable bonds is 11. The molecule has 5 nitrogen and oxygen atoms in total. The average molecular weight is 284 g/mol. The Balaban J connectivity index is 1.91. The Kier molecular flexibility index (Phi) is 7.41. The third-order valence-corrected chi connectivity index (χ3v) is 3.96. The van der Waals surface area contributed by atoms with Crippen LogP contribution in [-0.2, 0) is 4.79 Å². The van der Waals surface area contributed by atoms with Crippen molar-refractivity contribution in [3.63, 3.8) is 0 Å². The Morgan fingerprint density at radius 2 is 1.80 bits per heavy atom. The fourth-order valence-corrected chi connectivity index (χ4v) is 2.51. The second kappa shape index (κ2) is 8.82. The molecule has 1 aliphatic carbocycles. The number of unbranched alkanes of at least 4 members (excludes halogenated alkanes) is 3. The minimum absolute atomic E-state index is 0.0714. The zero-order chi connectivity index (χ0) is 14.8. The van der Waals surface area contributed by atoms with Crippen LogP contribution in [0.15, 0.2) is 0 Å². The van der Waals surface area contributed by atoms with E-state index >= 15 is 0 Å². The molecule has 0 aliphatic heterocycles. The molecule has 0 bridgehead atoms. The molecule has 0 unspecified atom stereocenters. The van der Waals surface area contributed by atoms with Gasteiger partial charge in [0.25, 0.3) is 0 Å². The highest BCUT2D eigenvalue weighted by Gasteiger charge is 2.41. The van der Waals surface area contributed by atoms with Crippen LogP contribution in [0, 0.1) is 5.41 Å². The fraction of sp³-hybridized carbons (Fsp3) is 0.867. The lowest BCUT2D eigenvalue weighted by Crippen LogP contribution is -2.39. The summed E-state index contributed by atoms with van der Waals surface area (Å²) in [6.45, 7) is 3.65. The number of aliphatic carboxylic acids is 1. The van der Waals surface area contributed by atoms with Crippen LogP contribution in [0.2, 0.25) is 0 Å². The lowest BCUT2D eigenvalue weighted by Gasteiger charge is -2.15. The van der Waals surface area contributed by atoms with Crippen LogP contribution >= 0.6 is 0 Å². The van der Waals surface area contributed by atoms with Crippen LogP contribution in [0.1, 0.15) is 64.7 Å². The maximum atomic E-state index is 11.6. The minimum atomic E-state index is -0.733. The Morgan fingerprint density at radius 1 is 1.10 bits per heavy atom. The molecule has 5 heteroatoms. The van der Waals surface area contributed by atoms with Crippen LogP contribution in [0.25, 0.3) is 0 Å². The molecular formula is C15H28N2O3. The summed E-state index contributed by atoms with van der Waals surface area (Å²) in [6.07, 6.45) is 8.62. The first kappa shape index (κ1) is 16.8. The Labute approximate surface area is 121 Å². The summed E-state index contributed by atoms with van der Waals surface area (Å²) >= 11 is 0. The van der Waals surface area contributed by atoms with Crippen molar-refractivity contribution in [1.82, 2.24) is 10.6 Å². The van der Waals surface area contributed by atoms with Gasteiger partial charge in [-0.15, -0.1) is 0 Å². The standard InChI is InChI=1S/C15H28N2O3/c1-2-8-15(9-10-15)12-17-14(20)16-11-6-4-3-5-7-13(18)19/h2-12H2,1H3,(H,18,19)(H2,16,17,20). The van der Waals surface area contributed by atoms with Gasteiger partial charge in [-0.2, -0.15) is 0 Å². The van der Waals surface area contributed by atoms with Crippen molar-refractivity contribution in [2.45, 2.75) is 64.7 Å². The molecular weight excluding hydrogens is 256 g/mol. The lowest BCUT2D eigenvalue weighted by atomic mass is 10.0. The van der Waals surface area contributed by atoms with Crippen molar-refractivity contribution in [3.05, 3.63) is 0 Å². The summed E-state index contributed by atoms with van der Waals surface area (Å²) in [5.74, 6) is -0.733. The molecule has 0 aromatic heterocycles. The van der Waals surface area contributed by atoms with E-state index in [4.69, 9.17) is 5.11 Å². The molecule has 1 fully saturated rings. The fourth-order valence-electron chi connectivity index (χ4n) is 2.51. The minimum Gasteiger partial charge on any atom is -0.481 e. The van der Waals surface area contributed by atoms with E-state index in [1.165, 1.54) is 25.7 Å². The first-order valence-electron chi connectivity index (χ1n) is 7.81. The Hall–Kier alpha value is -1.26. The van der Waals surface area contributed by atoms with Crippen molar-refractivity contribution in [2.75, 3.05) is 13.1 Å². The highest BCUT2D eigenvalue weighted by molar-refractivity contribution is 5.73. The number of hydrogen-bond acceptors (Lipinski definition) is 2. The number of nitrogens with one attached hydrogen (secondary N) is 2. The van der Waals surface area contributed by atoms with Gasteiger partial charge in [-0.25, -0.2) is 4.79 Å². The average Bonchev–Trinajstić information content (AvgIpc) is 3.16. The molecule has 3 N–H and O–H groups in total. The maximum Gasteiger partial charge on any atom is 0.314 e. The first-order chi connectivity index (χ1) is 9.58. The van der Waals surface area contributed by atoms with Crippen molar-refractivity contribution in [1.29, 1.82) is 0 Å². The van der Waals surface area contributed by atoms with Crippen LogP contribution in [0.3, 0.4) is 0 Å². The normalized spacial score (nSPS) is 15.7. The highest BCUT2D eigenvalue weighted by atomic mass is 16.4. The summed E-state index contributed by atoms with van der Waals surface area (Å²) in [4.78, 5) is 21.9. The molecule has 0 aromatic rings. The number of carboxylic acids is 1. The molecule has 2 amide bonds. The number of carboxylic acid groups (broad SMARTS) is 1. The van der Waals surface area contributed by atoms with E-state index in [0.29, 0.717) is 12.0 Å². The molecule has 0 saturated heterocycles. The highest BCUT2D eigenvalue weighted by Crippen LogP contribution is 2.48. The monoisotopic (exact) mass is 284 g/mol. The quantitative estimate of drug-likeness (QED) is 0.510. The molecule has 1 aliphatic rings. The summed E-state index contributed by atoms with van der Waals surface area (Å²) in [6, 6.07) is -0.0714. The van der Waals surface area contributed by atoms with Gasteiger partial charge < -0.3 is 15.7 Å². The van der Waals surface area contributed by atoms with Gasteiger partial charge in [0, 0.05) is 19.5 Å². The molecule has 1 rings (SSSR count). The van der Waals surface area contributed by atoms with Gasteiger partial charge in [0.2, 0.25) is 0 Å². The number of carbonyl (C=O) groups excluding carboxylic acids is 1. The molecule has 0 radical (unpaired) electrons. The number of carbonyl (C=O) groups is 2. The molecule has 0 atom stereocenters. The SMILES string of the molecule is CCCC1(CNC(=O)NCCCCCCC(=O)O)CC1. The van der Waals surface area contributed by atoms with E-state index < -0.39 is 5.97 Å². The van der Waals surface area contributed by atoms with Gasteiger partial charge >= 0.3 is 12.0 Å². The molecule has 20 heavy (non-hydrogen) atoms. The third kappa shape index (κ3) is 7.36. The Morgan fingerprint density at radius 3 is 2.40 bits per heavy atom. The van der Waals surface area contributed by atoms with E-state index in [1.54, 1.807) is 0 Å². The predicted octanol–water partition coefficient (Wildman–Crippen LogP) is 2.90. The van der Waals surface area contributed by atoms with Gasteiger partial charge in [-0.1, -0.05) is 26.2 Å². The second-order valence-electron chi connectivity index (χ2n) is 5.92. The largest absolute Gasteiger partial charge is 0.481 e. The topological polar surface area (TPSA) is 78.4 Å². The molecule has 116 valence electrons. The molecule has 0 aromatic carbocycles. The van der Waals surface area contributed by atoms with Gasteiger partial charge in [-0.3, -0.25) is 4.79 Å². The lowest BCUT2D eigenvalue weighted by molar-refractivity contribution is -0.137. The zero-order valence-corrected chi connectivity index (χ0v) is 12.5. The number of urea groups is 1. The predicted molar refractivity (Wildman–Crippen MR) is 78.7 cm³/mol. The van der Waals surface area contributed by atoms with E-state index in [0.717, 1.165) is 32.2 Å². The van der Waals surface area contributed by atoms with Gasteiger partial charge in [0.1, 0.15) is 0 Å². The zero-order valence-electron chi connectivity index (χ0n) is 12.5. The maximum absolute atomic E-state index is 11.6. The van der Waals surface area contributed by atoms with Crippen LogP contribution < -0.4 is 10.6 Å².